The van der Waals surface area contributed by atoms with Gasteiger partial charge in [-0.15, -0.1) is 0 Å². The van der Waals surface area contributed by atoms with E-state index in [2.05, 4.69) is 6.55 Å². The first kappa shape index (κ1) is 12.9. The lowest BCUT2D eigenvalue weighted by Crippen LogP contribution is -2.49. The van der Waals surface area contributed by atoms with Crippen LogP contribution in [0.25, 0.3) is 0 Å². The van der Waals surface area contributed by atoms with E-state index in [9.17, 15) is 4.79 Å². The number of hydrogen-bond donors (Lipinski definition) is 0. The summed E-state index contributed by atoms with van der Waals surface area (Å²) in [6.45, 7) is 5.93. The fourth-order valence-corrected chi connectivity index (χ4v) is 4.64. The van der Waals surface area contributed by atoms with E-state index in [0.717, 1.165) is 19.6 Å². The van der Waals surface area contributed by atoms with E-state index in [-0.39, 0.29) is 5.54 Å². The zero-order valence-electron chi connectivity index (χ0n) is 10.5. The predicted molar refractivity (Wildman–Crippen MR) is 64.2 cm³/mol. The quantitative estimate of drug-likeness (QED) is 0.543. The number of amides is 1. The molecule has 0 saturated carbocycles. The average molecular weight is 230 g/mol. The lowest BCUT2D eigenvalue weighted by Gasteiger charge is -2.29. The number of carbonyl (C=O) groups excluding carboxylic acids is 1. The van der Waals surface area contributed by atoms with Crippen molar-refractivity contribution >= 4 is 14.9 Å². The summed E-state index contributed by atoms with van der Waals surface area (Å²) in [6.07, 6.45) is 3.40. The van der Waals surface area contributed by atoms with Crippen molar-refractivity contribution in [1.29, 1.82) is 0 Å². The van der Waals surface area contributed by atoms with Crippen molar-refractivity contribution in [2.75, 3.05) is 27.2 Å². The highest BCUT2D eigenvalue weighted by Gasteiger charge is 2.40. The Hall–Kier alpha value is -0.193. The fourth-order valence-electron chi connectivity index (χ4n) is 2.37. The molecular weight excluding hydrogens is 206 g/mol. The molecule has 0 bridgehead atoms. The molecule has 88 valence electrons. The minimum Gasteiger partial charge on any atom is -0.420 e. The van der Waals surface area contributed by atoms with Gasteiger partial charge in [0.15, 0.2) is 9.04 Å². The highest BCUT2D eigenvalue weighted by atomic mass is 28.3. The maximum absolute atomic E-state index is 12.3. The molecular formula is C11H24NO2Si+. The van der Waals surface area contributed by atoms with Gasteiger partial charge in [0, 0.05) is 6.61 Å². The van der Waals surface area contributed by atoms with E-state index >= 15 is 0 Å². The van der Waals surface area contributed by atoms with Crippen LogP contribution in [0.2, 0.25) is 12.1 Å². The van der Waals surface area contributed by atoms with Crippen LogP contribution >= 0.6 is 0 Å². The minimum atomic E-state index is -1.32. The second-order valence-corrected chi connectivity index (χ2v) is 7.56. The Morgan fingerprint density at radius 2 is 2.13 bits per heavy atom. The number of likely N-dealkylation sites (tertiary alicyclic amines) is 1. The Kier molecular flexibility index (Phi) is 4.49. The summed E-state index contributed by atoms with van der Waals surface area (Å²) in [5.74, 6) is 0.403. The third-order valence-electron chi connectivity index (χ3n) is 3.39. The molecule has 0 aliphatic carbocycles. The van der Waals surface area contributed by atoms with E-state index < -0.39 is 9.04 Å². The van der Waals surface area contributed by atoms with Crippen molar-refractivity contribution in [3.63, 3.8) is 0 Å². The smallest absolute Gasteiger partial charge is 0.315 e. The Bertz CT molecular complexity index is 231. The van der Waals surface area contributed by atoms with Gasteiger partial charge >= 0.3 is 5.91 Å². The topological polar surface area (TPSA) is 26.3 Å². The summed E-state index contributed by atoms with van der Waals surface area (Å²) in [5.41, 5.74) is 0.224. The van der Waals surface area contributed by atoms with Crippen molar-refractivity contribution in [1.82, 2.24) is 0 Å². The van der Waals surface area contributed by atoms with E-state index in [1.165, 1.54) is 12.8 Å². The Morgan fingerprint density at radius 1 is 1.47 bits per heavy atom. The fraction of sp³-hybridized carbons (Fsp3) is 0.909. The number of rotatable bonds is 3. The van der Waals surface area contributed by atoms with Gasteiger partial charge in [0.05, 0.1) is 26.2 Å². The molecule has 0 aromatic rings. The maximum atomic E-state index is 12.3. The second-order valence-electron chi connectivity index (χ2n) is 5.01. The Labute approximate surface area is 94.7 Å². The highest BCUT2D eigenvalue weighted by Crippen LogP contribution is 2.28. The third kappa shape index (κ3) is 3.13. The monoisotopic (exact) mass is 230 g/mol. The molecule has 1 aliphatic heterocycles. The average Bonchev–Trinajstić information content (AvgIpc) is 2.28. The molecule has 1 heterocycles. The number of carbonyl (C=O) groups is 1. The zero-order valence-corrected chi connectivity index (χ0v) is 11.6. The van der Waals surface area contributed by atoms with E-state index in [4.69, 9.17) is 4.43 Å². The van der Waals surface area contributed by atoms with Gasteiger partial charge in [-0.2, -0.15) is 0 Å². The lowest BCUT2D eigenvalue weighted by molar-refractivity contribution is -0.813. The molecule has 4 heteroatoms. The summed E-state index contributed by atoms with van der Waals surface area (Å²) in [6, 6.07) is 0. The van der Waals surface area contributed by atoms with Crippen molar-refractivity contribution in [3.8, 4) is 0 Å². The summed E-state index contributed by atoms with van der Waals surface area (Å²) >= 11 is 0. The molecule has 3 nitrogen and oxygen atoms in total. The summed E-state index contributed by atoms with van der Waals surface area (Å²) < 4.78 is 6.26. The molecule has 1 amide bonds. The normalized spacial score (nSPS) is 28.5. The van der Waals surface area contributed by atoms with Crippen LogP contribution in [0.1, 0.15) is 26.2 Å². The van der Waals surface area contributed by atoms with Crippen LogP contribution in [-0.4, -0.2) is 46.7 Å². The van der Waals surface area contributed by atoms with Crippen LogP contribution in [0.4, 0.5) is 0 Å². The van der Waals surface area contributed by atoms with Crippen LogP contribution in [-0.2, 0) is 9.22 Å². The molecule has 0 spiro atoms. The first-order chi connectivity index (χ1) is 6.99. The molecule has 0 aromatic carbocycles. The van der Waals surface area contributed by atoms with Gasteiger partial charge in [0.2, 0.25) is 0 Å². The summed E-state index contributed by atoms with van der Waals surface area (Å²) in [7, 11) is 2.75. The van der Waals surface area contributed by atoms with Crippen LogP contribution in [0.15, 0.2) is 0 Å². The predicted octanol–water partition coefficient (Wildman–Crippen LogP) is 1.53. The van der Waals surface area contributed by atoms with Crippen LogP contribution in [0.5, 0.6) is 0 Å². The van der Waals surface area contributed by atoms with Gasteiger partial charge in [-0.1, -0.05) is 0 Å². The highest BCUT2D eigenvalue weighted by molar-refractivity contribution is 6.56. The molecule has 0 radical (unpaired) electrons. The van der Waals surface area contributed by atoms with Gasteiger partial charge in [0.25, 0.3) is 0 Å². The lowest BCUT2D eigenvalue weighted by atomic mass is 10.2. The molecule has 15 heavy (non-hydrogen) atoms. The molecule has 0 N–H and O–H groups in total. The SMILES string of the molecule is CCO[SiH](C)C1CCCC[N+](C)(C)C1=O. The summed E-state index contributed by atoms with van der Waals surface area (Å²) in [4.78, 5) is 12.3. The molecule has 2 atom stereocenters. The van der Waals surface area contributed by atoms with Crippen molar-refractivity contribution in [3.05, 3.63) is 0 Å². The molecule has 1 saturated heterocycles. The molecule has 1 fully saturated rings. The minimum absolute atomic E-state index is 0.224. The van der Waals surface area contributed by atoms with Crippen molar-refractivity contribution in [2.24, 2.45) is 0 Å². The number of hydrogen-bond acceptors (Lipinski definition) is 2. The van der Waals surface area contributed by atoms with E-state index in [0.29, 0.717) is 10.4 Å². The van der Waals surface area contributed by atoms with Crippen molar-refractivity contribution in [2.45, 2.75) is 38.3 Å². The molecule has 1 rings (SSSR count). The van der Waals surface area contributed by atoms with Gasteiger partial charge < -0.3 is 4.43 Å². The van der Waals surface area contributed by atoms with Gasteiger partial charge in [-0.05, 0) is 32.7 Å². The molecule has 1 aliphatic rings. The maximum Gasteiger partial charge on any atom is 0.315 e. The zero-order chi connectivity index (χ0) is 11.5. The van der Waals surface area contributed by atoms with Crippen LogP contribution in [0.3, 0.4) is 0 Å². The molecule has 0 aromatic heterocycles. The first-order valence-corrected chi connectivity index (χ1v) is 8.27. The van der Waals surface area contributed by atoms with E-state index in [1.807, 2.05) is 21.0 Å². The largest absolute Gasteiger partial charge is 0.420 e. The standard InChI is InChI=1S/C11H24NO2Si/c1-5-14-15(4)10-8-6-7-9-12(2,3)11(10)13/h10,15H,5-9H2,1-4H3/q+1. The first-order valence-electron chi connectivity index (χ1n) is 5.98. The Morgan fingerprint density at radius 3 is 2.73 bits per heavy atom. The number of nitrogens with zero attached hydrogens (tertiary/aromatic N) is 1. The van der Waals surface area contributed by atoms with E-state index in [1.54, 1.807) is 0 Å². The third-order valence-corrected chi connectivity index (χ3v) is 6.00. The Balaban J connectivity index is 2.73. The van der Waals surface area contributed by atoms with Crippen LogP contribution < -0.4 is 0 Å². The van der Waals surface area contributed by atoms with Gasteiger partial charge in [0.1, 0.15) is 0 Å². The second kappa shape index (κ2) is 5.23. The van der Waals surface area contributed by atoms with Gasteiger partial charge in [-0.3, -0.25) is 4.48 Å². The van der Waals surface area contributed by atoms with Crippen LogP contribution in [0, 0.1) is 0 Å². The summed E-state index contributed by atoms with van der Waals surface area (Å²) in [5, 5.41) is 0. The van der Waals surface area contributed by atoms with Crippen molar-refractivity contribution < 1.29 is 13.7 Å². The number of quaternary nitrogens is 1. The molecule has 2 unspecified atom stereocenters. The van der Waals surface area contributed by atoms with Gasteiger partial charge in [-0.25, -0.2) is 4.79 Å².